The Kier molecular flexibility index (Phi) is 5.07. The fraction of sp³-hybridized carbons (Fsp3) is 0. The Morgan fingerprint density at radius 3 is 1.88 bits per heavy atom. The van der Waals surface area contributed by atoms with Crippen molar-refractivity contribution < 1.29 is 39.6 Å². The number of nitrogens with zero attached hydrogens (tertiary/aromatic N) is 2. The summed E-state index contributed by atoms with van der Waals surface area (Å²) in [4.78, 5) is 44.7. The second kappa shape index (κ2) is 7.21. The average molecular weight is 358 g/mol. The van der Waals surface area contributed by atoms with E-state index in [9.17, 15) is 24.3 Å². The summed E-state index contributed by atoms with van der Waals surface area (Å²) in [6.45, 7) is 0. The van der Waals surface area contributed by atoms with E-state index < -0.39 is 46.3 Å². The summed E-state index contributed by atoms with van der Waals surface area (Å²) in [6, 6.07) is 6.80. The number of aromatic carboxylic acids is 4. The number of carboxylic acid groups (broad SMARTS) is 4. The lowest BCUT2D eigenvalue weighted by Gasteiger charge is -2.07. The van der Waals surface area contributed by atoms with E-state index in [1.807, 2.05) is 0 Å². The van der Waals surface area contributed by atoms with E-state index in [1.165, 1.54) is 18.2 Å². The summed E-state index contributed by atoms with van der Waals surface area (Å²) in [5.74, 6) is -5.97. The minimum absolute atomic E-state index is 0.0545. The number of carbonyl (C=O) groups is 4. The van der Waals surface area contributed by atoms with Crippen molar-refractivity contribution in [3.63, 3.8) is 0 Å². The largest absolute Gasteiger partial charge is 0.478 e. The number of benzene rings is 2. The highest BCUT2D eigenvalue weighted by Gasteiger charge is 2.23. The van der Waals surface area contributed by atoms with Crippen molar-refractivity contribution in [1.29, 1.82) is 0 Å². The van der Waals surface area contributed by atoms with Gasteiger partial charge in [0.05, 0.1) is 22.4 Å². The summed E-state index contributed by atoms with van der Waals surface area (Å²) in [7, 11) is 0. The van der Waals surface area contributed by atoms with Crippen LogP contribution in [0, 0.1) is 0 Å². The molecule has 10 heteroatoms. The molecule has 2 rings (SSSR count). The molecule has 0 saturated heterocycles. The van der Waals surface area contributed by atoms with Crippen LogP contribution in [0.1, 0.15) is 41.4 Å². The molecule has 0 amide bonds. The maximum atomic E-state index is 11.4. The van der Waals surface area contributed by atoms with Crippen LogP contribution in [0.3, 0.4) is 0 Å². The molecule has 0 radical (unpaired) electrons. The molecule has 0 aromatic heterocycles. The lowest BCUT2D eigenvalue weighted by atomic mass is 10.0. The van der Waals surface area contributed by atoms with Crippen LogP contribution in [0.25, 0.3) is 0 Å². The third-order valence-corrected chi connectivity index (χ3v) is 3.18. The van der Waals surface area contributed by atoms with E-state index in [4.69, 9.17) is 15.3 Å². The molecule has 0 aliphatic carbocycles. The third kappa shape index (κ3) is 3.87. The molecule has 0 heterocycles. The van der Waals surface area contributed by atoms with E-state index >= 15 is 0 Å². The van der Waals surface area contributed by atoms with Gasteiger partial charge in [-0.25, -0.2) is 19.2 Å². The molecule has 132 valence electrons. The molecule has 0 aliphatic heterocycles. The Labute approximate surface area is 144 Å². The standard InChI is InChI=1S/C16H10N2O8/c19-13(20)7-2-1-3-9(4-7)17-18-11-6-8(14(21)22)5-10(15(23)24)12(11)16(25)26/h1-6H,(H,19,20)(H,21,22)(H,23,24)(H,25,26). The van der Waals surface area contributed by atoms with Crippen LogP contribution in [0.15, 0.2) is 46.6 Å². The molecule has 2 aromatic carbocycles. The number of carboxylic acids is 4. The molecular weight excluding hydrogens is 348 g/mol. The SMILES string of the molecule is O=C(O)c1cccc(N=Nc2cc(C(=O)O)cc(C(=O)O)c2C(=O)O)c1. The molecule has 10 nitrogen and oxygen atoms in total. The minimum Gasteiger partial charge on any atom is -0.478 e. The Hall–Kier alpha value is -4.08. The van der Waals surface area contributed by atoms with Crippen LogP contribution in [-0.4, -0.2) is 44.3 Å². The maximum absolute atomic E-state index is 11.4. The molecule has 0 fully saturated rings. The van der Waals surface area contributed by atoms with Crippen molar-refractivity contribution in [2.45, 2.75) is 0 Å². The second-order valence-corrected chi connectivity index (χ2v) is 4.89. The third-order valence-electron chi connectivity index (χ3n) is 3.18. The molecule has 4 N–H and O–H groups in total. The number of rotatable bonds is 6. The highest BCUT2D eigenvalue weighted by molar-refractivity contribution is 6.07. The summed E-state index contributed by atoms with van der Waals surface area (Å²) >= 11 is 0. The zero-order chi connectivity index (χ0) is 19.4. The number of azo groups is 1. The first-order valence-electron chi connectivity index (χ1n) is 6.83. The van der Waals surface area contributed by atoms with E-state index in [0.29, 0.717) is 6.07 Å². The van der Waals surface area contributed by atoms with Gasteiger partial charge in [-0.1, -0.05) is 6.07 Å². The molecule has 0 bridgehead atoms. The van der Waals surface area contributed by atoms with Crippen LogP contribution >= 0.6 is 0 Å². The summed E-state index contributed by atoms with van der Waals surface area (Å²) in [6.07, 6.45) is 0. The molecule has 0 spiro atoms. The van der Waals surface area contributed by atoms with Gasteiger partial charge in [-0.05, 0) is 30.3 Å². The van der Waals surface area contributed by atoms with Crippen molar-refractivity contribution in [3.05, 3.63) is 58.7 Å². The van der Waals surface area contributed by atoms with Crippen molar-refractivity contribution in [2.75, 3.05) is 0 Å². The zero-order valence-corrected chi connectivity index (χ0v) is 12.8. The van der Waals surface area contributed by atoms with Gasteiger partial charge >= 0.3 is 23.9 Å². The topological polar surface area (TPSA) is 174 Å². The van der Waals surface area contributed by atoms with Crippen LogP contribution in [-0.2, 0) is 0 Å². The monoisotopic (exact) mass is 358 g/mol. The summed E-state index contributed by atoms with van der Waals surface area (Å²) in [5.41, 5.74) is -2.51. The lowest BCUT2D eigenvalue weighted by molar-refractivity contribution is 0.0650. The van der Waals surface area contributed by atoms with Crippen molar-refractivity contribution in [1.82, 2.24) is 0 Å². The first-order valence-corrected chi connectivity index (χ1v) is 6.83. The van der Waals surface area contributed by atoms with Crippen molar-refractivity contribution >= 4 is 35.3 Å². The summed E-state index contributed by atoms with van der Waals surface area (Å²) in [5, 5.41) is 43.6. The first-order chi connectivity index (χ1) is 12.2. The van der Waals surface area contributed by atoms with Gasteiger partial charge in [-0.2, -0.15) is 5.11 Å². The zero-order valence-electron chi connectivity index (χ0n) is 12.8. The Morgan fingerprint density at radius 1 is 0.692 bits per heavy atom. The normalized spacial score (nSPS) is 10.6. The lowest BCUT2D eigenvalue weighted by Crippen LogP contribution is -2.11. The van der Waals surface area contributed by atoms with E-state index in [2.05, 4.69) is 10.2 Å². The van der Waals surface area contributed by atoms with Gasteiger partial charge in [0.1, 0.15) is 11.3 Å². The molecular formula is C16H10N2O8. The Balaban J connectivity index is 2.62. The molecule has 0 unspecified atom stereocenters. The maximum Gasteiger partial charge on any atom is 0.338 e. The fourth-order valence-electron chi connectivity index (χ4n) is 2.04. The fourth-order valence-corrected chi connectivity index (χ4v) is 2.04. The number of hydrogen-bond donors (Lipinski definition) is 4. The molecule has 2 aromatic rings. The van der Waals surface area contributed by atoms with Gasteiger partial charge in [0.25, 0.3) is 0 Å². The van der Waals surface area contributed by atoms with E-state index in [-0.39, 0.29) is 11.3 Å². The van der Waals surface area contributed by atoms with E-state index in [1.54, 1.807) is 0 Å². The summed E-state index contributed by atoms with van der Waals surface area (Å²) < 4.78 is 0. The van der Waals surface area contributed by atoms with Gasteiger partial charge in [0.15, 0.2) is 0 Å². The Morgan fingerprint density at radius 2 is 1.35 bits per heavy atom. The van der Waals surface area contributed by atoms with Crippen LogP contribution in [0.5, 0.6) is 0 Å². The van der Waals surface area contributed by atoms with Crippen LogP contribution in [0.2, 0.25) is 0 Å². The van der Waals surface area contributed by atoms with Crippen molar-refractivity contribution in [3.8, 4) is 0 Å². The van der Waals surface area contributed by atoms with Gasteiger partial charge in [-0.15, -0.1) is 5.11 Å². The van der Waals surface area contributed by atoms with Gasteiger partial charge < -0.3 is 20.4 Å². The highest BCUT2D eigenvalue weighted by atomic mass is 16.4. The molecule has 0 saturated carbocycles. The van der Waals surface area contributed by atoms with Crippen LogP contribution in [0.4, 0.5) is 11.4 Å². The smallest absolute Gasteiger partial charge is 0.338 e. The Bertz CT molecular complexity index is 965. The highest BCUT2D eigenvalue weighted by Crippen LogP contribution is 2.28. The van der Waals surface area contributed by atoms with Gasteiger partial charge in [0, 0.05) is 0 Å². The molecule has 0 aliphatic rings. The quantitative estimate of drug-likeness (QED) is 0.570. The first kappa shape index (κ1) is 18.3. The molecule has 26 heavy (non-hydrogen) atoms. The average Bonchev–Trinajstić information content (AvgIpc) is 2.58. The molecule has 0 atom stereocenters. The van der Waals surface area contributed by atoms with E-state index in [0.717, 1.165) is 12.1 Å². The second-order valence-electron chi connectivity index (χ2n) is 4.89. The predicted molar refractivity (Wildman–Crippen MR) is 84.9 cm³/mol. The van der Waals surface area contributed by atoms with Crippen molar-refractivity contribution in [2.24, 2.45) is 10.2 Å². The van der Waals surface area contributed by atoms with Gasteiger partial charge in [-0.3, -0.25) is 0 Å². The number of hydrogen-bond acceptors (Lipinski definition) is 6. The van der Waals surface area contributed by atoms with Gasteiger partial charge in [0.2, 0.25) is 0 Å². The van der Waals surface area contributed by atoms with Crippen LogP contribution < -0.4 is 0 Å². The predicted octanol–water partition coefficient (Wildman–Crippen LogP) is 2.89. The minimum atomic E-state index is -1.64.